The van der Waals surface area contributed by atoms with Crippen LogP contribution in [0.3, 0.4) is 0 Å². The summed E-state index contributed by atoms with van der Waals surface area (Å²) in [4.78, 5) is 10.8. The van der Waals surface area contributed by atoms with Crippen LogP contribution in [0.5, 0.6) is 0 Å². The molecule has 0 aromatic rings. The lowest BCUT2D eigenvalue weighted by Crippen LogP contribution is -2.25. The van der Waals surface area contributed by atoms with Crippen LogP contribution in [0.25, 0.3) is 0 Å². The minimum atomic E-state index is -0.383. The standard InChI is InChI=1S/C7H15NO2.C2H6/c1-7(2,3)10-6(9)4-5-8;1-2/h4-5,8H2,1-3H3;1-2H3. The van der Waals surface area contributed by atoms with Crippen molar-refractivity contribution in [2.75, 3.05) is 6.54 Å². The minimum absolute atomic E-state index is 0.227. The fourth-order valence-corrected chi connectivity index (χ4v) is 0.510. The molecular formula is C9H21NO2. The molecule has 0 unspecified atom stereocenters. The molecule has 0 amide bonds. The molecule has 3 nitrogen and oxygen atoms in total. The molecule has 0 saturated heterocycles. The minimum Gasteiger partial charge on any atom is -0.460 e. The van der Waals surface area contributed by atoms with Crippen LogP contribution in [0.2, 0.25) is 0 Å². The van der Waals surface area contributed by atoms with Crippen molar-refractivity contribution in [2.45, 2.75) is 46.6 Å². The molecule has 0 saturated carbocycles. The van der Waals surface area contributed by atoms with Crippen LogP contribution >= 0.6 is 0 Å². The smallest absolute Gasteiger partial charge is 0.307 e. The first-order chi connectivity index (χ1) is 5.45. The second-order valence-electron chi connectivity index (χ2n) is 3.13. The van der Waals surface area contributed by atoms with Crippen molar-refractivity contribution in [3.63, 3.8) is 0 Å². The third-order valence-electron chi connectivity index (χ3n) is 0.768. The summed E-state index contributed by atoms with van der Waals surface area (Å²) in [6.07, 6.45) is 0.303. The van der Waals surface area contributed by atoms with E-state index >= 15 is 0 Å². The van der Waals surface area contributed by atoms with E-state index in [4.69, 9.17) is 10.5 Å². The van der Waals surface area contributed by atoms with Gasteiger partial charge in [0.25, 0.3) is 0 Å². The van der Waals surface area contributed by atoms with Gasteiger partial charge < -0.3 is 10.5 Å². The van der Waals surface area contributed by atoms with Gasteiger partial charge >= 0.3 is 5.97 Å². The topological polar surface area (TPSA) is 52.3 Å². The Balaban J connectivity index is 0. The summed E-state index contributed by atoms with van der Waals surface area (Å²) in [6.45, 7) is 9.86. The molecule has 0 aliphatic rings. The van der Waals surface area contributed by atoms with Crippen molar-refractivity contribution < 1.29 is 9.53 Å². The number of carbonyl (C=O) groups excluding carboxylic acids is 1. The highest BCUT2D eigenvalue weighted by Gasteiger charge is 2.14. The fraction of sp³-hybridized carbons (Fsp3) is 0.889. The second-order valence-corrected chi connectivity index (χ2v) is 3.13. The summed E-state index contributed by atoms with van der Waals surface area (Å²) in [5, 5.41) is 0. The van der Waals surface area contributed by atoms with Gasteiger partial charge in [0.1, 0.15) is 5.60 Å². The van der Waals surface area contributed by atoms with Crippen LogP contribution in [0, 0.1) is 0 Å². The molecule has 74 valence electrons. The predicted molar refractivity (Wildman–Crippen MR) is 50.9 cm³/mol. The van der Waals surface area contributed by atoms with E-state index in [1.165, 1.54) is 0 Å². The van der Waals surface area contributed by atoms with Crippen LogP contribution in [0.15, 0.2) is 0 Å². The first-order valence-corrected chi connectivity index (χ1v) is 4.37. The van der Waals surface area contributed by atoms with E-state index in [0.717, 1.165) is 0 Å². The monoisotopic (exact) mass is 175 g/mol. The maximum Gasteiger partial charge on any atom is 0.307 e. The van der Waals surface area contributed by atoms with E-state index in [-0.39, 0.29) is 11.6 Å². The average Bonchev–Trinajstić information content (AvgIpc) is 1.88. The highest BCUT2D eigenvalue weighted by Crippen LogP contribution is 2.07. The number of hydrogen-bond acceptors (Lipinski definition) is 3. The lowest BCUT2D eigenvalue weighted by molar-refractivity contribution is -0.154. The number of ether oxygens (including phenoxy) is 1. The number of esters is 1. The fourth-order valence-electron chi connectivity index (χ4n) is 0.510. The molecule has 2 N–H and O–H groups in total. The normalized spacial score (nSPS) is 9.83. The molecule has 0 aliphatic heterocycles. The van der Waals surface area contributed by atoms with Gasteiger partial charge in [-0.2, -0.15) is 0 Å². The number of nitrogens with two attached hydrogens (primary N) is 1. The zero-order chi connectivity index (χ0) is 10.2. The molecular weight excluding hydrogens is 154 g/mol. The largest absolute Gasteiger partial charge is 0.460 e. The maximum absolute atomic E-state index is 10.8. The van der Waals surface area contributed by atoms with E-state index in [0.29, 0.717) is 13.0 Å². The summed E-state index contributed by atoms with van der Waals surface area (Å²) in [7, 11) is 0. The molecule has 0 rings (SSSR count). The van der Waals surface area contributed by atoms with Gasteiger partial charge in [-0.15, -0.1) is 0 Å². The molecule has 0 heterocycles. The summed E-state index contributed by atoms with van der Waals surface area (Å²) in [6, 6.07) is 0. The Labute approximate surface area is 75.3 Å². The molecule has 0 fully saturated rings. The molecule has 0 aromatic heterocycles. The average molecular weight is 175 g/mol. The number of rotatable bonds is 2. The lowest BCUT2D eigenvalue weighted by atomic mass is 10.2. The van der Waals surface area contributed by atoms with Crippen LogP contribution in [0.1, 0.15) is 41.0 Å². The van der Waals surface area contributed by atoms with Crippen LogP contribution in [-0.2, 0) is 9.53 Å². The summed E-state index contributed by atoms with van der Waals surface area (Å²) < 4.78 is 4.96. The SMILES string of the molecule is CC.CC(C)(C)OC(=O)CCN. The maximum atomic E-state index is 10.8. The van der Waals surface area contributed by atoms with Gasteiger partial charge in [-0.05, 0) is 20.8 Å². The first-order valence-electron chi connectivity index (χ1n) is 4.37. The van der Waals surface area contributed by atoms with E-state index in [1.54, 1.807) is 0 Å². The summed E-state index contributed by atoms with van der Waals surface area (Å²) >= 11 is 0. The van der Waals surface area contributed by atoms with Gasteiger partial charge in [0.15, 0.2) is 0 Å². The van der Waals surface area contributed by atoms with Crippen molar-refractivity contribution in [3.05, 3.63) is 0 Å². The number of carbonyl (C=O) groups is 1. The number of hydrogen-bond donors (Lipinski definition) is 1. The Morgan fingerprint density at radius 1 is 1.33 bits per heavy atom. The van der Waals surface area contributed by atoms with Crippen molar-refractivity contribution in [1.82, 2.24) is 0 Å². The zero-order valence-electron chi connectivity index (χ0n) is 8.81. The quantitative estimate of drug-likeness (QED) is 0.650. The van der Waals surface area contributed by atoms with Crippen molar-refractivity contribution in [2.24, 2.45) is 5.73 Å². The van der Waals surface area contributed by atoms with E-state index in [9.17, 15) is 4.79 Å². The molecule has 0 spiro atoms. The van der Waals surface area contributed by atoms with Crippen LogP contribution < -0.4 is 5.73 Å². The molecule has 0 aromatic carbocycles. The molecule has 12 heavy (non-hydrogen) atoms. The summed E-state index contributed by atoms with van der Waals surface area (Å²) in [5.74, 6) is -0.227. The van der Waals surface area contributed by atoms with Gasteiger partial charge in [-0.1, -0.05) is 13.8 Å². The van der Waals surface area contributed by atoms with E-state index < -0.39 is 0 Å². The summed E-state index contributed by atoms with van der Waals surface area (Å²) in [5.41, 5.74) is 4.76. The Kier molecular flexibility index (Phi) is 8.27. The molecule has 3 heteroatoms. The van der Waals surface area contributed by atoms with Gasteiger partial charge in [0, 0.05) is 6.54 Å². The Hall–Kier alpha value is -0.570. The van der Waals surface area contributed by atoms with Crippen LogP contribution in [-0.4, -0.2) is 18.1 Å². The van der Waals surface area contributed by atoms with Gasteiger partial charge in [-0.3, -0.25) is 4.79 Å². The highest BCUT2D eigenvalue weighted by atomic mass is 16.6. The van der Waals surface area contributed by atoms with E-state index in [1.807, 2.05) is 34.6 Å². The van der Waals surface area contributed by atoms with Gasteiger partial charge in [-0.25, -0.2) is 0 Å². The highest BCUT2D eigenvalue weighted by molar-refractivity contribution is 5.69. The molecule has 0 radical (unpaired) electrons. The Morgan fingerprint density at radius 2 is 1.75 bits per heavy atom. The zero-order valence-corrected chi connectivity index (χ0v) is 8.81. The third-order valence-corrected chi connectivity index (χ3v) is 0.768. The first kappa shape index (κ1) is 14.0. The van der Waals surface area contributed by atoms with Crippen molar-refractivity contribution in [3.8, 4) is 0 Å². The molecule has 0 atom stereocenters. The van der Waals surface area contributed by atoms with Gasteiger partial charge in [0.2, 0.25) is 0 Å². The third kappa shape index (κ3) is 12.1. The lowest BCUT2D eigenvalue weighted by Gasteiger charge is -2.18. The van der Waals surface area contributed by atoms with Gasteiger partial charge in [0.05, 0.1) is 6.42 Å². The second kappa shape index (κ2) is 7.10. The molecule has 0 bridgehead atoms. The van der Waals surface area contributed by atoms with Crippen LogP contribution in [0.4, 0.5) is 0 Å². The Bertz CT molecular complexity index is 116. The molecule has 0 aliphatic carbocycles. The van der Waals surface area contributed by atoms with Crippen molar-refractivity contribution >= 4 is 5.97 Å². The predicted octanol–water partition coefficient (Wildman–Crippen LogP) is 1.70. The van der Waals surface area contributed by atoms with E-state index in [2.05, 4.69) is 0 Å². The Morgan fingerprint density at radius 3 is 2.00 bits per heavy atom. The van der Waals surface area contributed by atoms with Crippen molar-refractivity contribution in [1.29, 1.82) is 0 Å².